The van der Waals surface area contributed by atoms with E-state index in [2.05, 4.69) is 137 Å². The summed E-state index contributed by atoms with van der Waals surface area (Å²) in [7, 11) is 0. The number of nitrogens with two attached hydrogens (primary N) is 2. The first-order chi connectivity index (χ1) is 69.3. The Balaban J connectivity index is 0.000000156. The summed E-state index contributed by atoms with van der Waals surface area (Å²) < 4.78 is 27.8. The molecular formula is C120H124Br3N5O15. The molecule has 0 saturated heterocycles. The van der Waals surface area contributed by atoms with Crippen molar-refractivity contribution in [2.45, 2.75) is 213 Å². The molecule has 1 amide bonds. The molecule has 12 aromatic carbocycles. The molecule has 0 radical (unpaired) electrons. The quantitative estimate of drug-likeness (QED) is 0.0559. The van der Waals surface area contributed by atoms with Gasteiger partial charge in [0.25, 0.3) is 17.0 Å². The lowest BCUT2D eigenvalue weighted by atomic mass is 9.88. The second kappa shape index (κ2) is 57.4. The number of phenolic OH excluding ortho intramolecular Hbond substituents is 1. The van der Waals surface area contributed by atoms with Gasteiger partial charge in [-0.2, -0.15) is 19.2 Å². The normalized spacial score (nSPS) is 15.8. The number of aryl methyl sites for hydroxylation is 12. The number of nitrogens with one attached hydrogen (secondary N) is 3. The molecule has 21 rings (SSSR count). The molecule has 14 aromatic rings. The average Bonchev–Trinajstić information content (AvgIpc) is 0.794. The Morgan fingerprint density at radius 3 is 1.15 bits per heavy atom. The number of rotatable bonds is 12. The number of Topliss-reactive ketones (excluding diaryl/α,β-unsaturated/α-hetero) is 2. The number of ketones is 2. The minimum atomic E-state index is -0.234. The van der Waals surface area contributed by atoms with Crippen molar-refractivity contribution in [2.75, 3.05) is 5.73 Å². The largest absolute Gasteiger partial charge is 0.508 e. The van der Waals surface area contributed by atoms with E-state index in [9.17, 15) is 29.1 Å². The van der Waals surface area contributed by atoms with Gasteiger partial charge >= 0.3 is 12.3 Å². The number of H-pyrrole nitrogens is 2. The molecule has 0 bridgehead atoms. The number of halogens is 3. The predicted molar refractivity (Wildman–Crippen MR) is 571 cm³/mol. The molecule has 5 atom stereocenters. The zero-order valence-electron chi connectivity index (χ0n) is 81.4. The average molecular weight is 2120 g/mol. The number of aliphatic hydroxyl groups is 1. The number of benzene rings is 12. The van der Waals surface area contributed by atoms with Crippen LogP contribution in [0, 0.1) is 34.6 Å². The number of fused-ring (bicyclic) bond motifs is 7. The van der Waals surface area contributed by atoms with E-state index in [4.69, 9.17) is 54.7 Å². The number of hydrogen-bond acceptors (Lipinski definition) is 17. The van der Waals surface area contributed by atoms with Crippen LogP contribution in [-0.2, 0) is 77.2 Å². The lowest BCUT2D eigenvalue weighted by Crippen LogP contribution is -2.28. The SMILES string of the molecule is Brc1ccc2c(c1)CCCC2Oc1ccccc1.Cc1cc(C)c(CN)c(=O)[nH]1.Cc1cc(C)c(CNC(=O)c2ccc3c(c2)CCCC3Oc2ccccc2)c(=O)[nH]1.Cc1ccc2c(c1)CCCC2Oc1ccccc1.Nc1ccc2c(c1)CCCC2=O.O=C1CCCc2cc(Br)ccc21.O=C=O.O=C=O.OC1CCCc2cc(Br)ccc21.Oc1ccccc1.c1ccc(OC2CCCc3ccccc32)cc1. The third-order valence-electron chi connectivity index (χ3n) is 25.2. The Morgan fingerprint density at radius 2 is 0.713 bits per heavy atom. The lowest BCUT2D eigenvalue weighted by molar-refractivity contribution is -0.193. The van der Waals surface area contributed by atoms with Crippen LogP contribution in [0.3, 0.4) is 0 Å². The van der Waals surface area contributed by atoms with E-state index in [1.54, 1.807) is 30.3 Å². The number of aliphatic hydroxyl groups excluding tert-OH is 1. The Kier molecular flexibility index (Phi) is 44.0. The van der Waals surface area contributed by atoms with E-state index < -0.39 is 0 Å². The summed E-state index contributed by atoms with van der Waals surface area (Å²) in [5.74, 6) is 4.45. The van der Waals surface area contributed by atoms with Gasteiger partial charge in [0.15, 0.2) is 11.6 Å². The number of aromatic amines is 2. The van der Waals surface area contributed by atoms with Gasteiger partial charge in [-0.25, -0.2) is 0 Å². The highest BCUT2D eigenvalue weighted by Crippen LogP contribution is 2.40. The lowest BCUT2D eigenvalue weighted by Gasteiger charge is -2.26. The molecule has 20 nitrogen and oxygen atoms in total. The van der Waals surface area contributed by atoms with Gasteiger partial charge in [0.05, 0.1) is 6.10 Å². The van der Waals surface area contributed by atoms with Crippen LogP contribution in [0.4, 0.5) is 5.69 Å². The van der Waals surface area contributed by atoms with Crippen LogP contribution in [0.15, 0.2) is 320 Å². The number of pyridine rings is 2. The highest BCUT2D eigenvalue weighted by Gasteiger charge is 2.28. The maximum absolute atomic E-state index is 12.7. The molecule has 9 N–H and O–H groups in total. The van der Waals surface area contributed by atoms with Crippen molar-refractivity contribution in [1.29, 1.82) is 0 Å². The molecule has 0 spiro atoms. The van der Waals surface area contributed by atoms with Gasteiger partial charge in [0.2, 0.25) is 0 Å². The summed E-state index contributed by atoms with van der Waals surface area (Å²) in [6, 6.07) is 97.9. The molecule has 7 aliphatic carbocycles. The number of hydrogen-bond donors (Lipinski definition) is 7. The summed E-state index contributed by atoms with van der Waals surface area (Å²) in [5.41, 5.74) is 35.5. The van der Waals surface area contributed by atoms with E-state index in [0.717, 1.165) is 188 Å². The molecule has 5 unspecified atom stereocenters. The van der Waals surface area contributed by atoms with E-state index in [0.29, 0.717) is 47.6 Å². The van der Waals surface area contributed by atoms with Crippen LogP contribution < -0.4 is 46.9 Å². The Labute approximate surface area is 862 Å². The molecule has 7 aliphatic rings. The van der Waals surface area contributed by atoms with E-state index in [1.807, 2.05) is 228 Å². The summed E-state index contributed by atoms with van der Waals surface area (Å²) in [6.45, 7) is 10.1. The fraction of sp³-hybridized carbons (Fsp3) is 0.275. The molecule has 2 heterocycles. The van der Waals surface area contributed by atoms with Gasteiger partial charge in [-0.3, -0.25) is 24.0 Å². The van der Waals surface area contributed by atoms with Crippen molar-refractivity contribution >= 4 is 83.3 Å². The molecule has 740 valence electrons. The van der Waals surface area contributed by atoms with Gasteiger partial charge in [0.1, 0.15) is 53.2 Å². The van der Waals surface area contributed by atoms with Crippen LogP contribution in [0.5, 0.6) is 28.7 Å². The Morgan fingerprint density at radius 1 is 0.371 bits per heavy atom. The Hall–Kier alpha value is -13.7. The van der Waals surface area contributed by atoms with Gasteiger partial charge in [0, 0.05) is 84.2 Å². The number of para-hydroxylation sites is 5. The summed E-state index contributed by atoms with van der Waals surface area (Å²) in [6.07, 6.45) is 22.8. The maximum Gasteiger partial charge on any atom is 0.373 e. The van der Waals surface area contributed by atoms with Crippen LogP contribution in [0.1, 0.15) is 257 Å². The standard InChI is InChI=1S/C25H26N2O3.C17H18O.C16H15BrO.C16H16O.C10H11BrO.C10H9BrO.C10H11NO.C8H12N2O.C6H6O.2CO2/c1-16-13-17(2)27-25(29)22(16)15-26-24(28)19-11-12-21-18(14-19)7-6-10-23(21)30-20-8-4-3-5-9-20;1-13-10-11-16-14(12-13)6-5-9-17(16)18-15-7-3-2-4-8-15;17-13-9-10-15-12(11-13)5-4-8-16(15)18-14-6-2-1-3-7-14;1-2-9-14(10-3-1)17-16-12-6-8-13-7-4-5-11-15(13)16;3*11-8-4-5-9-7(6-8)2-1-3-10(9)12;1-5-3-6(2)10-8(11)7(5)4-9;7-6-4-2-1-3-5-6;2*2-1-3/h3-5,8-9,11-14,23H,6-7,10,15H2,1-2H3,(H,26,28)(H,27,29);2-4,7-8,10-12,17H,5-6,9H2,1H3;1-3,6-7,9-11,16H,4-5,8H2;1-5,7,9-11,16H,6,8,12H2;4-6,10,12H,1-3H2;4-6H,1-3H2;4-6H,1-3,11H2;3H,4,9H2,1-2H3,(H,10,11);1-5,7H;;. The first kappa shape index (κ1) is 110. The van der Waals surface area contributed by atoms with Crippen LogP contribution in [0.2, 0.25) is 0 Å². The van der Waals surface area contributed by atoms with Crippen LogP contribution in [-0.4, -0.2) is 50.0 Å². The minimum Gasteiger partial charge on any atom is -0.508 e. The molecule has 143 heavy (non-hydrogen) atoms. The highest BCUT2D eigenvalue weighted by atomic mass is 79.9. The third-order valence-corrected chi connectivity index (χ3v) is 26.7. The molecule has 23 heteroatoms. The van der Waals surface area contributed by atoms with Gasteiger partial charge in [-0.05, 0) is 374 Å². The first-order valence-electron chi connectivity index (χ1n) is 48.5. The fourth-order valence-corrected chi connectivity index (χ4v) is 19.6. The zero-order chi connectivity index (χ0) is 102. The van der Waals surface area contributed by atoms with Crippen molar-refractivity contribution in [1.82, 2.24) is 15.3 Å². The summed E-state index contributed by atoms with van der Waals surface area (Å²) in [4.78, 5) is 96.8. The van der Waals surface area contributed by atoms with E-state index >= 15 is 0 Å². The smallest absolute Gasteiger partial charge is 0.373 e. The van der Waals surface area contributed by atoms with Gasteiger partial charge < -0.3 is 55.9 Å². The number of phenols is 1. The summed E-state index contributed by atoms with van der Waals surface area (Å²) >= 11 is 10.4. The van der Waals surface area contributed by atoms with Crippen LogP contribution in [0.25, 0.3) is 0 Å². The summed E-state index contributed by atoms with van der Waals surface area (Å²) in [5, 5.41) is 21.2. The second-order valence-electron chi connectivity index (χ2n) is 35.7. The van der Waals surface area contributed by atoms with Crippen molar-refractivity contribution in [3.05, 3.63) is 454 Å². The number of aromatic nitrogens is 2. The van der Waals surface area contributed by atoms with Crippen molar-refractivity contribution in [2.24, 2.45) is 5.73 Å². The Bertz CT molecular complexity index is 6510. The first-order valence-corrected chi connectivity index (χ1v) is 50.9. The zero-order valence-corrected chi connectivity index (χ0v) is 86.2. The number of carbonyl (C=O) groups is 3. The second-order valence-corrected chi connectivity index (χ2v) is 38.4. The topological polar surface area (TPSA) is 327 Å². The van der Waals surface area contributed by atoms with Crippen molar-refractivity contribution < 1.29 is 62.7 Å². The third kappa shape index (κ3) is 34.3. The maximum atomic E-state index is 12.7. The van der Waals surface area contributed by atoms with Gasteiger partial charge in [-0.15, -0.1) is 0 Å². The van der Waals surface area contributed by atoms with Crippen molar-refractivity contribution in [3.63, 3.8) is 0 Å². The molecular weight excluding hydrogens is 1990 g/mol. The molecule has 0 saturated carbocycles. The van der Waals surface area contributed by atoms with Crippen LogP contribution >= 0.6 is 47.8 Å². The van der Waals surface area contributed by atoms with Gasteiger partial charge in [-0.1, -0.05) is 211 Å². The highest BCUT2D eigenvalue weighted by molar-refractivity contribution is 9.11. The molecule has 0 aliphatic heterocycles. The number of carbonyl (C=O) groups excluding carboxylic acids is 7. The predicted octanol–water partition coefficient (Wildman–Crippen LogP) is 26.1. The number of nitrogen functional groups attached to an aromatic ring is 1. The van der Waals surface area contributed by atoms with Crippen molar-refractivity contribution in [3.8, 4) is 28.7 Å². The number of amides is 1. The monoisotopic (exact) mass is 2110 g/mol. The van der Waals surface area contributed by atoms with E-state index in [1.165, 1.54) is 82.2 Å². The number of aromatic hydroxyl groups is 1. The number of anilines is 1. The molecule has 2 aromatic heterocycles. The fourth-order valence-electron chi connectivity index (χ4n) is 18.4. The minimum absolute atomic E-state index is 0.00188. The molecule has 0 fully saturated rings. The number of ether oxygens (including phenoxy) is 4. The van der Waals surface area contributed by atoms with E-state index in [-0.39, 0.29) is 72.2 Å².